The van der Waals surface area contributed by atoms with E-state index in [2.05, 4.69) is 19.3 Å². The predicted octanol–water partition coefficient (Wildman–Crippen LogP) is 4.28. The first-order valence-electron chi connectivity index (χ1n) is 8.15. The van der Waals surface area contributed by atoms with Crippen molar-refractivity contribution in [2.24, 2.45) is 0 Å². The third-order valence-corrected chi connectivity index (χ3v) is 4.18. The Morgan fingerprint density at radius 3 is 2.61 bits per heavy atom. The molecule has 0 spiro atoms. The number of rotatable bonds is 10. The molecule has 2 nitrogen and oxygen atoms in total. The Hall–Kier alpha value is -0.0800. The summed E-state index contributed by atoms with van der Waals surface area (Å²) in [6, 6.07) is 0.706. The van der Waals surface area contributed by atoms with Crippen molar-refractivity contribution in [1.82, 2.24) is 5.32 Å². The minimum Gasteiger partial charge on any atom is -0.378 e. The fourth-order valence-electron chi connectivity index (χ4n) is 2.85. The molecule has 0 saturated carbocycles. The molecule has 18 heavy (non-hydrogen) atoms. The molecule has 1 aliphatic rings. The van der Waals surface area contributed by atoms with Crippen molar-refractivity contribution >= 4 is 0 Å². The van der Waals surface area contributed by atoms with Gasteiger partial charge < -0.3 is 10.1 Å². The summed E-state index contributed by atoms with van der Waals surface area (Å²) >= 11 is 0. The molecule has 0 aliphatic carbocycles. The van der Waals surface area contributed by atoms with Crippen LogP contribution >= 0.6 is 0 Å². The minimum absolute atomic E-state index is 0.551. The number of unbranched alkanes of at least 4 members (excludes halogenated alkanes) is 4. The van der Waals surface area contributed by atoms with E-state index in [1.165, 1.54) is 70.6 Å². The summed E-state index contributed by atoms with van der Waals surface area (Å²) in [6.07, 6.45) is 15.3. The molecule has 1 aliphatic heterocycles. The molecule has 2 heteroatoms. The van der Waals surface area contributed by atoms with E-state index in [0.717, 1.165) is 6.61 Å². The maximum Gasteiger partial charge on any atom is 0.0575 e. The second-order valence-electron chi connectivity index (χ2n) is 5.75. The molecular formula is C16H33NO. The third-order valence-electron chi connectivity index (χ3n) is 4.18. The Morgan fingerprint density at radius 2 is 1.94 bits per heavy atom. The molecule has 0 radical (unpaired) electrons. The molecular weight excluding hydrogens is 222 g/mol. The fraction of sp³-hybridized carbons (Fsp3) is 1.00. The summed E-state index contributed by atoms with van der Waals surface area (Å²) in [4.78, 5) is 0. The first kappa shape index (κ1) is 16.0. The highest BCUT2D eigenvalue weighted by Crippen LogP contribution is 2.19. The van der Waals surface area contributed by atoms with Gasteiger partial charge in [-0.25, -0.2) is 0 Å². The largest absolute Gasteiger partial charge is 0.378 e. The lowest BCUT2D eigenvalue weighted by Gasteiger charge is -2.24. The molecule has 1 heterocycles. The average Bonchev–Trinajstić information content (AvgIpc) is 2.43. The summed E-state index contributed by atoms with van der Waals surface area (Å²) in [6.45, 7) is 3.27. The molecule has 2 atom stereocenters. The van der Waals surface area contributed by atoms with Crippen LogP contribution in [0.15, 0.2) is 0 Å². The molecule has 1 saturated heterocycles. The van der Waals surface area contributed by atoms with Crippen LogP contribution in [0.3, 0.4) is 0 Å². The number of hydrogen-bond acceptors (Lipinski definition) is 2. The van der Waals surface area contributed by atoms with Crippen LogP contribution in [0.4, 0.5) is 0 Å². The Bertz CT molecular complexity index is 178. The molecule has 2 unspecified atom stereocenters. The molecule has 0 aromatic carbocycles. The van der Waals surface area contributed by atoms with E-state index in [0.29, 0.717) is 12.1 Å². The maximum atomic E-state index is 5.80. The van der Waals surface area contributed by atoms with Gasteiger partial charge in [0.25, 0.3) is 0 Å². The van der Waals surface area contributed by atoms with E-state index in [1.54, 1.807) is 0 Å². The lowest BCUT2D eigenvalue weighted by atomic mass is 9.98. The second-order valence-corrected chi connectivity index (χ2v) is 5.75. The van der Waals surface area contributed by atoms with Gasteiger partial charge in [-0.3, -0.25) is 0 Å². The van der Waals surface area contributed by atoms with E-state index in [4.69, 9.17) is 4.74 Å². The molecule has 0 amide bonds. The van der Waals surface area contributed by atoms with Gasteiger partial charge >= 0.3 is 0 Å². The number of ether oxygens (including phenoxy) is 1. The van der Waals surface area contributed by atoms with Crippen LogP contribution in [0.25, 0.3) is 0 Å². The minimum atomic E-state index is 0.551. The summed E-state index contributed by atoms with van der Waals surface area (Å²) in [5.74, 6) is 0. The van der Waals surface area contributed by atoms with Crippen LogP contribution in [0.1, 0.15) is 77.6 Å². The highest BCUT2D eigenvalue weighted by atomic mass is 16.5. The highest BCUT2D eigenvalue weighted by Gasteiger charge is 2.15. The molecule has 1 fully saturated rings. The van der Waals surface area contributed by atoms with E-state index >= 15 is 0 Å². The molecule has 1 N–H and O–H groups in total. The van der Waals surface area contributed by atoms with Crippen molar-refractivity contribution in [1.29, 1.82) is 0 Å². The van der Waals surface area contributed by atoms with Gasteiger partial charge in [-0.2, -0.15) is 0 Å². The smallest absolute Gasteiger partial charge is 0.0575 e. The van der Waals surface area contributed by atoms with Gasteiger partial charge in [-0.1, -0.05) is 39.0 Å². The molecule has 0 aromatic heterocycles. The zero-order valence-electron chi connectivity index (χ0n) is 12.5. The van der Waals surface area contributed by atoms with Crippen molar-refractivity contribution in [2.45, 2.75) is 89.7 Å². The zero-order valence-corrected chi connectivity index (χ0v) is 12.5. The zero-order chi connectivity index (χ0) is 13.1. The van der Waals surface area contributed by atoms with Crippen molar-refractivity contribution in [3.63, 3.8) is 0 Å². The lowest BCUT2D eigenvalue weighted by molar-refractivity contribution is 0.00853. The SMILES string of the molecule is CCCCCCCC(CCC1CCCCO1)NC. The van der Waals surface area contributed by atoms with E-state index < -0.39 is 0 Å². The molecule has 108 valence electrons. The van der Waals surface area contributed by atoms with E-state index in [9.17, 15) is 0 Å². The van der Waals surface area contributed by atoms with Gasteiger partial charge in [0.05, 0.1) is 6.10 Å². The summed E-state index contributed by atoms with van der Waals surface area (Å²) in [7, 11) is 2.11. The summed E-state index contributed by atoms with van der Waals surface area (Å²) < 4.78 is 5.80. The summed E-state index contributed by atoms with van der Waals surface area (Å²) in [5, 5.41) is 3.48. The van der Waals surface area contributed by atoms with Gasteiger partial charge in [0.15, 0.2) is 0 Å². The standard InChI is InChI=1S/C16H33NO/c1-3-4-5-6-7-10-15(17-2)12-13-16-11-8-9-14-18-16/h15-17H,3-14H2,1-2H3. The van der Waals surface area contributed by atoms with Crippen molar-refractivity contribution in [3.8, 4) is 0 Å². The third kappa shape index (κ3) is 7.38. The van der Waals surface area contributed by atoms with E-state index in [1.807, 2.05) is 0 Å². The van der Waals surface area contributed by atoms with Crippen molar-refractivity contribution < 1.29 is 4.74 Å². The second kappa shape index (κ2) is 10.8. The van der Waals surface area contributed by atoms with Crippen molar-refractivity contribution in [2.75, 3.05) is 13.7 Å². The van der Waals surface area contributed by atoms with Gasteiger partial charge in [0.2, 0.25) is 0 Å². The topological polar surface area (TPSA) is 21.3 Å². The normalized spacial score (nSPS) is 22.0. The molecule has 0 bridgehead atoms. The van der Waals surface area contributed by atoms with Crippen molar-refractivity contribution in [3.05, 3.63) is 0 Å². The van der Waals surface area contributed by atoms with Gasteiger partial charge in [0.1, 0.15) is 0 Å². The van der Waals surface area contributed by atoms with Crippen LogP contribution in [0, 0.1) is 0 Å². The lowest BCUT2D eigenvalue weighted by Crippen LogP contribution is -2.28. The Morgan fingerprint density at radius 1 is 1.11 bits per heavy atom. The van der Waals surface area contributed by atoms with Crippen LogP contribution in [-0.2, 0) is 4.74 Å². The van der Waals surface area contributed by atoms with E-state index in [-0.39, 0.29) is 0 Å². The Labute approximate surface area is 114 Å². The van der Waals surface area contributed by atoms with Gasteiger partial charge in [-0.05, 0) is 45.6 Å². The molecule has 1 rings (SSSR count). The monoisotopic (exact) mass is 255 g/mol. The van der Waals surface area contributed by atoms with Crippen LogP contribution in [0.2, 0.25) is 0 Å². The first-order chi connectivity index (χ1) is 8.86. The van der Waals surface area contributed by atoms with Gasteiger partial charge in [0, 0.05) is 12.6 Å². The number of hydrogen-bond donors (Lipinski definition) is 1. The highest BCUT2D eigenvalue weighted by molar-refractivity contribution is 4.70. The fourth-order valence-corrected chi connectivity index (χ4v) is 2.85. The Balaban J connectivity index is 2.01. The quantitative estimate of drug-likeness (QED) is 0.588. The molecule has 0 aromatic rings. The summed E-state index contributed by atoms with van der Waals surface area (Å²) in [5.41, 5.74) is 0. The predicted molar refractivity (Wildman–Crippen MR) is 79.0 cm³/mol. The van der Waals surface area contributed by atoms with Crippen LogP contribution < -0.4 is 5.32 Å². The Kier molecular flexibility index (Phi) is 9.59. The maximum absolute atomic E-state index is 5.80. The average molecular weight is 255 g/mol. The van der Waals surface area contributed by atoms with Crippen LogP contribution in [-0.4, -0.2) is 25.8 Å². The van der Waals surface area contributed by atoms with Crippen LogP contribution in [0.5, 0.6) is 0 Å². The number of nitrogens with one attached hydrogen (secondary N) is 1. The first-order valence-corrected chi connectivity index (χ1v) is 8.15. The van der Waals surface area contributed by atoms with Gasteiger partial charge in [-0.15, -0.1) is 0 Å².